The van der Waals surface area contributed by atoms with Crippen LogP contribution in [0.4, 0.5) is 4.79 Å². The van der Waals surface area contributed by atoms with E-state index in [0.717, 1.165) is 0 Å². The van der Waals surface area contributed by atoms with Crippen LogP contribution < -0.4 is 9.83 Å². The van der Waals surface area contributed by atoms with Crippen LogP contribution in [0.5, 0.6) is 0 Å². The lowest BCUT2D eigenvalue weighted by atomic mass is 10.7. The highest BCUT2D eigenvalue weighted by Gasteiger charge is 1.97. The van der Waals surface area contributed by atoms with Gasteiger partial charge in [0.15, 0.2) is 16.9 Å². The summed E-state index contributed by atoms with van der Waals surface area (Å²) in [6, 6.07) is 3.58. The Kier molecular flexibility index (Phi) is 1.69. The third kappa shape index (κ3) is 1.73. The molecule has 3 nitrogen and oxygen atoms in total. The minimum absolute atomic E-state index is 0.431. The van der Waals surface area contributed by atoms with Gasteiger partial charge < -0.3 is 9.90 Å². The average Bonchev–Trinajstić information content (AvgIpc) is 2.15. The van der Waals surface area contributed by atoms with Crippen LogP contribution in [0.25, 0.3) is 0 Å². The Balaban J connectivity index is 2.58. The Hall–Kier alpha value is -1.03. The predicted octanol–water partition coefficient (Wildman–Crippen LogP) is 0.322. The second-order valence-electron chi connectivity index (χ2n) is 1.42. The van der Waals surface area contributed by atoms with E-state index in [4.69, 9.17) is 0 Å². The van der Waals surface area contributed by atoms with Crippen LogP contribution in [0.3, 0.4) is 0 Å². The summed E-state index contributed by atoms with van der Waals surface area (Å²) in [6.07, 6.45) is -1.23. The third-order valence-corrected chi connectivity index (χ3v) is 2.07. The van der Waals surface area contributed by atoms with Crippen molar-refractivity contribution in [2.45, 2.75) is 0 Å². The maximum Gasteiger partial charge on any atom is 0.186 e. The summed E-state index contributed by atoms with van der Waals surface area (Å²) >= 11 is 0. The fourth-order valence-electron chi connectivity index (χ4n) is 0.470. The van der Waals surface area contributed by atoms with Crippen LogP contribution in [0.1, 0.15) is 0 Å². The second kappa shape index (κ2) is 2.50. The van der Waals surface area contributed by atoms with Gasteiger partial charge in [-0.15, -0.1) is 0 Å². The molecule has 0 saturated heterocycles. The zero-order valence-electron chi connectivity index (χ0n) is 4.53. The van der Waals surface area contributed by atoms with E-state index in [1.807, 2.05) is 0 Å². The Morgan fingerprint density at radius 2 is 2.00 bits per heavy atom. The topological polar surface area (TPSA) is 52.2 Å². The molecule has 0 aliphatic heterocycles. The van der Waals surface area contributed by atoms with Gasteiger partial charge in [-0.2, -0.15) is 4.72 Å². The first kappa shape index (κ1) is 6.10. The molecule has 0 aliphatic rings. The summed E-state index contributed by atoms with van der Waals surface area (Å²) in [6.45, 7) is 0. The van der Waals surface area contributed by atoms with E-state index in [1.165, 1.54) is 0 Å². The molecule has 0 radical (unpaired) electrons. The van der Waals surface area contributed by atoms with E-state index in [9.17, 15) is 9.90 Å². The molecular weight excluding hydrogens is 138 g/mol. The van der Waals surface area contributed by atoms with E-state index in [0.29, 0.717) is 0 Å². The molecule has 4 heteroatoms. The quantitative estimate of drug-likeness (QED) is 0.576. The molecule has 0 saturated carbocycles. The van der Waals surface area contributed by atoms with Crippen LogP contribution in [0.15, 0.2) is 22.9 Å². The molecule has 1 rings (SSSR count). The second-order valence-corrected chi connectivity index (χ2v) is 2.91. The summed E-state index contributed by atoms with van der Waals surface area (Å²) in [4.78, 5) is 9.87. The first-order chi connectivity index (χ1) is 4.29. The van der Waals surface area contributed by atoms with Gasteiger partial charge in [-0.1, -0.05) is 0 Å². The molecule has 0 fully saturated rings. The number of amides is 1. The van der Waals surface area contributed by atoms with Crippen molar-refractivity contribution in [1.82, 2.24) is 0 Å². The first-order valence-electron chi connectivity index (χ1n) is 2.33. The number of carboxylic acid groups (broad SMARTS) is 1. The van der Waals surface area contributed by atoms with Crippen LogP contribution in [0.2, 0.25) is 0 Å². The SMILES string of the molecule is O=C([O-])N[s+]1cccc1. The van der Waals surface area contributed by atoms with Crippen molar-refractivity contribution in [2.75, 3.05) is 4.72 Å². The Morgan fingerprint density at radius 3 is 2.44 bits per heavy atom. The van der Waals surface area contributed by atoms with E-state index in [2.05, 4.69) is 4.72 Å². The van der Waals surface area contributed by atoms with Gasteiger partial charge in [-0.05, 0) is 12.1 Å². The molecule has 0 unspecified atom stereocenters. The lowest BCUT2D eigenvalue weighted by Gasteiger charge is -1.92. The molecule has 1 aromatic rings. The number of rotatable bonds is 1. The number of hydrogen-bond donors (Lipinski definition) is 1. The smallest absolute Gasteiger partial charge is 0.186 e. The van der Waals surface area contributed by atoms with E-state index in [1.54, 1.807) is 22.9 Å². The third-order valence-electron chi connectivity index (χ3n) is 0.763. The van der Waals surface area contributed by atoms with Crippen LogP contribution in [-0.4, -0.2) is 6.09 Å². The van der Waals surface area contributed by atoms with Crippen molar-refractivity contribution in [3.05, 3.63) is 22.9 Å². The molecule has 0 bridgehead atoms. The number of carbonyl (C=O) groups is 1. The maximum atomic E-state index is 9.87. The molecule has 0 aliphatic carbocycles. The summed E-state index contributed by atoms with van der Waals surface area (Å²) < 4.78 is 2.20. The molecule has 0 spiro atoms. The summed E-state index contributed by atoms with van der Waals surface area (Å²) in [5, 5.41) is 13.4. The minimum Gasteiger partial charge on any atom is -0.527 e. The molecule has 48 valence electrons. The minimum atomic E-state index is -1.23. The predicted molar refractivity (Wildman–Crippen MR) is 33.7 cm³/mol. The van der Waals surface area contributed by atoms with Gasteiger partial charge in [0.2, 0.25) is 0 Å². The van der Waals surface area contributed by atoms with E-state index >= 15 is 0 Å². The summed E-state index contributed by atoms with van der Waals surface area (Å²) in [5.41, 5.74) is 0. The van der Waals surface area contributed by atoms with Crippen molar-refractivity contribution in [2.24, 2.45) is 0 Å². The highest BCUT2D eigenvalue weighted by Crippen LogP contribution is 2.10. The van der Waals surface area contributed by atoms with Gasteiger partial charge in [-0.3, -0.25) is 0 Å². The standard InChI is InChI=1S/C5H5NO2S/c7-5(8)6-9-3-1-2-4-9/h1-4,6H. The largest absolute Gasteiger partial charge is 0.527 e. The Morgan fingerprint density at radius 1 is 1.44 bits per heavy atom. The summed E-state index contributed by atoms with van der Waals surface area (Å²) in [5.74, 6) is 0. The summed E-state index contributed by atoms with van der Waals surface area (Å²) in [7, 11) is -0.431. The maximum absolute atomic E-state index is 9.87. The number of hydrogen-bond acceptors (Lipinski definition) is 2. The van der Waals surface area contributed by atoms with Crippen LogP contribution in [-0.2, 0) is 0 Å². The average molecular weight is 143 g/mol. The van der Waals surface area contributed by atoms with Gasteiger partial charge in [0.25, 0.3) is 0 Å². The van der Waals surface area contributed by atoms with Crippen molar-refractivity contribution >= 4 is 16.7 Å². The van der Waals surface area contributed by atoms with E-state index < -0.39 is 16.7 Å². The van der Waals surface area contributed by atoms with Crippen molar-refractivity contribution in [3.63, 3.8) is 0 Å². The van der Waals surface area contributed by atoms with Gasteiger partial charge in [-0.25, -0.2) is 0 Å². The highest BCUT2D eigenvalue weighted by molar-refractivity contribution is 7.31. The fourth-order valence-corrected chi connectivity index (χ4v) is 1.41. The Bertz CT molecular complexity index is 195. The van der Waals surface area contributed by atoms with Crippen LogP contribution in [0, 0.1) is 0 Å². The van der Waals surface area contributed by atoms with Crippen molar-refractivity contribution in [1.29, 1.82) is 0 Å². The normalized spacial score (nSPS) is 8.89. The van der Waals surface area contributed by atoms with Gasteiger partial charge in [0.05, 0.1) is 10.7 Å². The lowest BCUT2D eigenvalue weighted by molar-refractivity contribution is -0.241. The number of thiophene rings is 1. The molecule has 1 heterocycles. The first-order valence-corrected chi connectivity index (χ1v) is 3.68. The van der Waals surface area contributed by atoms with Crippen molar-refractivity contribution < 1.29 is 9.90 Å². The molecule has 0 aromatic carbocycles. The monoisotopic (exact) mass is 143 g/mol. The van der Waals surface area contributed by atoms with Gasteiger partial charge in [0.1, 0.15) is 0 Å². The Labute approximate surface area is 55.0 Å². The van der Waals surface area contributed by atoms with Gasteiger partial charge >= 0.3 is 0 Å². The fraction of sp³-hybridized carbons (Fsp3) is 0. The molecule has 9 heavy (non-hydrogen) atoms. The molecule has 1 N–H and O–H groups in total. The molecular formula is C5H5NO2S. The molecule has 1 aromatic heterocycles. The number of nitrogens with one attached hydrogen (secondary N) is 1. The number of carbonyl (C=O) groups excluding carboxylic acids is 1. The van der Waals surface area contributed by atoms with E-state index in [-0.39, 0.29) is 0 Å². The lowest BCUT2D eigenvalue weighted by Crippen LogP contribution is -2.27. The van der Waals surface area contributed by atoms with Crippen molar-refractivity contribution in [3.8, 4) is 0 Å². The zero-order valence-corrected chi connectivity index (χ0v) is 5.35. The van der Waals surface area contributed by atoms with Crippen LogP contribution >= 0.6 is 10.7 Å². The zero-order chi connectivity index (χ0) is 6.69. The highest BCUT2D eigenvalue weighted by atomic mass is 32.2. The molecule has 1 amide bonds. The molecule has 0 atom stereocenters. The van der Waals surface area contributed by atoms with Gasteiger partial charge in [0, 0.05) is 0 Å².